The number of carbonyl (C=O) groups is 4. The second-order valence-corrected chi connectivity index (χ2v) is 13.4. The van der Waals surface area contributed by atoms with Crippen LogP contribution in [-0.2, 0) is 38.1 Å². The predicted molar refractivity (Wildman–Crippen MR) is 133 cm³/mol. The Balaban J connectivity index is 1.36. The van der Waals surface area contributed by atoms with Crippen molar-refractivity contribution >= 4 is 23.5 Å². The van der Waals surface area contributed by atoms with Crippen LogP contribution < -0.4 is 0 Å². The molecule has 2 N–H and O–H groups in total. The van der Waals surface area contributed by atoms with Gasteiger partial charge in [-0.2, -0.15) is 0 Å². The SMILES string of the molecule is CC1=CC(=C[C@H](C)C(=O)[C@@]2(C)CC[C@]34C[C@]56OC(=O)C[C@H]5OC(C)(C)[C@@H]6CC[C@@]3(O)C(=O)[C@](O)(C2)O4)OC1=O. The Hall–Kier alpha value is -2.40. The van der Waals surface area contributed by atoms with Gasteiger partial charge in [-0.05, 0) is 58.6 Å². The first kappa shape index (κ1) is 26.8. The highest BCUT2D eigenvalue weighted by molar-refractivity contribution is 5.99. The summed E-state index contributed by atoms with van der Waals surface area (Å²) in [5.74, 6) is -5.06. The van der Waals surface area contributed by atoms with Gasteiger partial charge in [-0.25, -0.2) is 4.79 Å². The van der Waals surface area contributed by atoms with Gasteiger partial charge in [0.15, 0.2) is 5.60 Å². The zero-order valence-corrected chi connectivity index (χ0v) is 23.0. The summed E-state index contributed by atoms with van der Waals surface area (Å²) in [4.78, 5) is 52.0. The van der Waals surface area contributed by atoms with E-state index in [1.54, 1.807) is 32.9 Å². The number of fused-ring (bicyclic) bond motifs is 1. The standard InChI is InChI=1S/C29H36O10/c1-15(10-17-11-16(2)22(32)36-17)21(31)25(5)8-9-26-14-27-18(24(3,4)37-19(27)12-20(30)38-27)6-7-28(26,34)23(33)29(35,13-25)39-26/h10-11,15,18-19,34-35H,6-9,12-14H2,1-5H3/t15-,18-,19+,25-,26-,27+,28+,29-/m0/s1. The molecule has 5 aliphatic heterocycles. The third-order valence-corrected chi connectivity index (χ3v) is 10.3. The minimum absolute atomic E-state index is 0.0149. The molecule has 39 heavy (non-hydrogen) atoms. The minimum Gasteiger partial charge on any atom is -0.456 e. The van der Waals surface area contributed by atoms with Gasteiger partial charge in [0.2, 0.25) is 11.6 Å². The Morgan fingerprint density at radius 3 is 2.49 bits per heavy atom. The Morgan fingerprint density at radius 1 is 1.10 bits per heavy atom. The number of rotatable bonds is 3. The number of ether oxygens (including phenoxy) is 4. The fourth-order valence-corrected chi connectivity index (χ4v) is 8.50. The number of cyclic esters (lactones) is 1. The van der Waals surface area contributed by atoms with Gasteiger partial charge in [-0.1, -0.05) is 13.8 Å². The van der Waals surface area contributed by atoms with E-state index in [1.807, 2.05) is 13.8 Å². The zero-order chi connectivity index (χ0) is 28.4. The van der Waals surface area contributed by atoms with Crippen molar-refractivity contribution in [3.05, 3.63) is 23.5 Å². The minimum atomic E-state index is -2.39. The molecule has 6 aliphatic rings. The van der Waals surface area contributed by atoms with Crippen LogP contribution in [0.15, 0.2) is 23.5 Å². The number of hydrogen-bond donors (Lipinski definition) is 2. The van der Waals surface area contributed by atoms with Gasteiger partial charge in [0.05, 0.1) is 12.0 Å². The van der Waals surface area contributed by atoms with E-state index in [-0.39, 0.29) is 56.0 Å². The van der Waals surface area contributed by atoms with E-state index in [9.17, 15) is 29.4 Å². The van der Waals surface area contributed by atoms with Gasteiger partial charge in [0, 0.05) is 35.7 Å². The molecule has 8 atom stereocenters. The van der Waals surface area contributed by atoms with Gasteiger partial charge in [0.25, 0.3) is 0 Å². The predicted octanol–water partition coefficient (Wildman–Crippen LogP) is 2.19. The average molecular weight is 545 g/mol. The molecule has 0 unspecified atom stereocenters. The third kappa shape index (κ3) is 3.47. The van der Waals surface area contributed by atoms with Crippen LogP contribution in [0.3, 0.4) is 0 Å². The normalized spacial score (nSPS) is 47.9. The number of aliphatic hydroxyl groups is 2. The van der Waals surface area contributed by atoms with Crippen LogP contribution in [0.4, 0.5) is 0 Å². The molecule has 1 aliphatic carbocycles. The first-order chi connectivity index (χ1) is 18.0. The van der Waals surface area contributed by atoms with Crippen molar-refractivity contribution in [1.29, 1.82) is 0 Å². The molecule has 4 saturated heterocycles. The number of esters is 2. The molecule has 0 aromatic heterocycles. The van der Waals surface area contributed by atoms with Crippen molar-refractivity contribution in [2.75, 3.05) is 0 Å². The third-order valence-electron chi connectivity index (χ3n) is 10.3. The summed E-state index contributed by atoms with van der Waals surface area (Å²) in [7, 11) is 0. The van der Waals surface area contributed by atoms with Crippen LogP contribution >= 0.6 is 0 Å². The lowest BCUT2D eigenvalue weighted by atomic mass is 9.63. The van der Waals surface area contributed by atoms with Crippen LogP contribution in [0, 0.1) is 17.3 Å². The molecule has 5 fully saturated rings. The zero-order valence-electron chi connectivity index (χ0n) is 23.0. The smallest absolute Gasteiger partial charge is 0.339 e. The van der Waals surface area contributed by atoms with E-state index in [1.165, 1.54) is 0 Å². The molecule has 6 rings (SSSR count). The van der Waals surface area contributed by atoms with Crippen LogP contribution in [-0.4, -0.2) is 68.0 Å². The molecule has 0 radical (unpaired) electrons. The molecular formula is C29H36O10. The molecule has 2 spiro atoms. The Bertz CT molecular complexity index is 1260. The second-order valence-electron chi connectivity index (χ2n) is 13.4. The van der Waals surface area contributed by atoms with Crippen molar-refractivity contribution in [3.8, 4) is 0 Å². The Kier molecular flexibility index (Phi) is 5.41. The Labute approximate surface area is 226 Å². The fraction of sp³-hybridized carbons (Fsp3) is 0.724. The van der Waals surface area contributed by atoms with Gasteiger partial charge in [0.1, 0.15) is 28.8 Å². The number of allylic oxidation sites excluding steroid dienone is 2. The molecule has 5 heterocycles. The largest absolute Gasteiger partial charge is 0.456 e. The molecule has 0 aromatic rings. The summed E-state index contributed by atoms with van der Waals surface area (Å²) >= 11 is 0. The number of Topliss-reactive ketones (excluding diaryl/α,β-unsaturated/α-hetero) is 2. The van der Waals surface area contributed by atoms with E-state index in [4.69, 9.17) is 18.9 Å². The first-order valence-corrected chi connectivity index (χ1v) is 13.8. The van der Waals surface area contributed by atoms with Crippen LogP contribution in [0.5, 0.6) is 0 Å². The molecule has 0 aromatic carbocycles. The number of ketones is 2. The van der Waals surface area contributed by atoms with Gasteiger partial charge in [-0.15, -0.1) is 0 Å². The van der Waals surface area contributed by atoms with E-state index in [0.717, 1.165) is 0 Å². The van der Waals surface area contributed by atoms with E-state index in [0.29, 0.717) is 12.0 Å². The molecule has 2 bridgehead atoms. The lowest BCUT2D eigenvalue weighted by Gasteiger charge is -2.43. The molecule has 10 heteroatoms. The van der Waals surface area contributed by atoms with Crippen molar-refractivity contribution in [2.24, 2.45) is 17.3 Å². The van der Waals surface area contributed by atoms with Crippen molar-refractivity contribution in [2.45, 2.75) is 114 Å². The van der Waals surface area contributed by atoms with Crippen LogP contribution in [0.25, 0.3) is 0 Å². The number of carbonyl (C=O) groups excluding carboxylic acids is 4. The highest BCUT2D eigenvalue weighted by Gasteiger charge is 2.79. The average Bonchev–Trinajstić information content (AvgIpc) is 3.35. The molecule has 10 nitrogen and oxygen atoms in total. The monoisotopic (exact) mass is 544 g/mol. The van der Waals surface area contributed by atoms with Crippen molar-refractivity contribution in [3.63, 3.8) is 0 Å². The highest BCUT2D eigenvalue weighted by Crippen LogP contribution is 2.65. The molecule has 212 valence electrons. The summed E-state index contributed by atoms with van der Waals surface area (Å²) in [6, 6.07) is 0. The van der Waals surface area contributed by atoms with Gasteiger partial charge < -0.3 is 29.2 Å². The summed E-state index contributed by atoms with van der Waals surface area (Å²) in [5.41, 5.74) is -6.11. The van der Waals surface area contributed by atoms with E-state index in [2.05, 4.69) is 0 Å². The number of hydrogen-bond acceptors (Lipinski definition) is 10. The van der Waals surface area contributed by atoms with Crippen molar-refractivity contribution < 1.29 is 48.3 Å². The summed E-state index contributed by atoms with van der Waals surface area (Å²) < 4.78 is 23.7. The Morgan fingerprint density at radius 2 is 1.82 bits per heavy atom. The van der Waals surface area contributed by atoms with Crippen molar-refractivity contribution in [1.82, 2.24) is 0 Å². The van der Waals surface area contributed by atoms with Crippen LogP contribution in [0.2, 0.25) is 0 Å². The maximum absolute atomic E-state index is 13.9. The molecular weight excluding hydrogens is 508 g/mol. The summed E-state index contributed by atoms with van der Waals surface area (Å²) in [6.07, 6.45) is 2.94. The maximum atomic E-state index is 13.9. The van der Waals surface area contributed by atoms with Gasteiger partial charge in [-0.3, -0.25) is 14.4 Å². The van der Waals surface area contributed by atoms with Crippen LogP contribution in [0.1, 0.15) is 79.6 Å². The summed E-state index contributed by atoms with van der Waals surface area (Å²) in [5, 5.41) is 23.7. The highest BCUT2D eigenvalue weighted by atomic mass is 16.7. The topological polar surface area (TPSA) is 146 Å². The lowest BCUT2D eigenvalue weighted by Crippen LogP contribution is -2.59. The quantitative estimate of drug-likeness (QED) is 0.507. The second kappa shape index (κ2) is 7.87. The molecule has 1 saturated carbocycles. The molecule has 0 amide bonds. The van der Waals surface area contributed by atoms with Gasteiger partial charge >= 0.3 is 11.9 Å². The first-order valence-electron chi connectivity index (χ1n) is 13.8. The summed E-state index contributed by atoms with van der Waals surface area (Å²) in [6.45, 7) is 8.83. The fourth-order valence-electron chi connectivity index (χ4n) is 8.50. The lowest BCUT2D eigenvalue weighted by molar-refractivity contribution is -0.245. The van der Waals surface area contributed by atoms with E-state index < -0.39 is 63.4 Å². The van der Waals surface area contributed by atoms with E-state index >= 15 is 0 Å². The maximum Gasteiger partial charge on any atom is 0.339 e.